The summed E-state index contributed by atoms with van der Waals surface area (Å²) in [5.74, 6) is -0.932. The van der Waals surface area contributed by atoms with Crippen molar-refractivity contribution >= 4 is 45.2 Å². The molecule has 2 aromatic heterocycles. The van der Waals surface area contributed by atoms with Gasteiger partial charge in [-0.25, -0.2) is 9.18 Å². The molecular formula is C25H15ClFNO4S. The van der Waals surface area contributed by atoms with Crippen molar-refractivity contribution in [3.63, 3.8) is 0 Å². The molecule has 2 heterocycles. The van der Waals surface area contributed by atoms with Crippen LogP contribution < -0.4 is 11.2 Å². The fraction of sp³-hybridized carbons (Fsp3) is 0.0400. The Labute approximate surface area is 195 Å². The molecular weight excluding hydrogens is 465 g/mol. The number of hydrogen-bond donors (Lipinski definition) is 1. The lowest BCUT2D eigenvalue weighted by Gasteiger charge is -2.14. The number of halogens is 2. The van der Waals surface area contributed by atoms with Gasteiger partial charge >= 0.3 is 5.63 Å². The molecule has 5 aromatic rings. The molecule has 3 aromatic carbocycles. The molecule has 0 aliphatic rings. The number of rotatable bonds is 4. The van der Waals surface area contributed by atoms with Crippen LogP contribution in [-0.4, -0.2) is 9.67 Å². The number of aromatic nitrogens is 1. The van der Waals surface area contributed by atoms with E-state index >= 15 is 0 Å². The molecule has 0 spiro atoms. The Kier molecular flexibility index (Phi) is 5.44. The third kappa shape index (κ3) is 3.79. The van der Waals surface area contributed by atoms with Crippen molar-refractivity contribution in [3.05, 3.63) is 110 Å². The molecule has 0 radical (unpaired) electrons. The smallest absolute Gasteiger partial charge is 0.354 e. The van der Waals surface area contributed by atoms with E-state index in [1.807, 2.05) is 0 Å². The first-order chi connectivity index (χ1) is 15.9. The molecule has 0 aliphatic carbocycles. The van der Waals surface area contributed by atoms with Crippen LogP contribution in [0.15, 0.2) is 96.6 Å². The summed E-state index contributed by atoms with van der Waals surface area (Å²) in [5.41, 5.74) is -0.619. The molecule has 1 N–H and O–H groups in total. The Morgan fingerprint density at radius 2 is 1.76 bits per heavy atom. The molecule has 0 atom stereocenters. The third-order valence-corrected chi connectivity index (χ3v) is 6.55. The van der Waals surface area contributed by atoms with Crippen LogP contribution in [0.5, 0.6) is 5.75 Å². The van der Waals surface area contributed by atoms with Crippen LogP contribution in [0, 0.1) is 5.82 Å². The highest BCUT2D eigenvalue weighted by Gasteiger charge is 2.22. The molecule has 0 unspecified atom stereocenters. The Balaban J connectivity index is 1.79. The van der Waals surface area contributed by atoms with E-state index in [9.17, 15) is 19.1 Å². The first kappa shape index (κ1) is 21.3. The van der Waals surface area contributed by atoms with Gasteiger partial charge in [-0.05, 0) is 36.4 Å². The van der Waals surface area contributed by atoms with Gasteiger partial charge in [0.2, 0.25) is 0 Å². The van der Waals surface area contributed by atoms with Crippen molar-refractivity contribution in [1.29, 1.82) is 0 Å². The number of aromatic hydroxyl groups is 1. The third-order valence-electron chi connectivity index (χ3n) is 5.26. The van der Waals surface area contributed by atoms with Crippen molar-refractivity contribution in [2.24, 2.45) is 0 Å². The van der Waals surface area contributed by atoms with Crippen molar-refractivity contribution in [1.82, 2.24) is 4.57 Å². The molecule has 5 rings (SSSR count). The maximum Gasteiger partial charge on any atom is 0.354 e. The predicted molar refractivity (Wildman–Crippen MR) is 127 cm³/mol. The first-order valence-corrected chi connectivity index (χ1v) is 11.1. The molecule has 0 fully saturated rings. The fourth-order valence-corrected chi connectivity index (χ4v) is 4.88. The van der Waals surface area contributed by atoms with E-state index in [2.05, 4.69) is 0 Å². The second-order valence-electron chi connectivity index (χ2n) is 7.33. The van der Waals surface area contributed by atoms with Crippen molar-refractivity contribution in [2.75, 3.05) is 0 Å². The van der Waals surface area contributed by atoms with Gasteiger partial charge < -0.3 is 14.1 Å². The lowest BCUT2D eigenvalue weighted by molar-refractivity contribution is 0.446. The molecule has 164 valence electrons. The lowest BCUT2D eigenvalue weighted by atomic mass is 10.1. The van der Waals surface area contributed by atoms with E-state index in [0.29, 0.717) is 26.4 Å². The Bertz CT molecular complexity index is 1660. The van der Waals surface area contributed by atoms with Gasteiger partial charge in [0.25, 0.3) is 5.56 Å². The SMILES string of the molecule is O=c1oc2c(c(O)c1Sc1cccc(Cl)c1)c(=O)n(Cc1ccccc1F)c1ccccc21. The second-order valence-corrected chi connectivity index (χ2v) is 8.85. The summed E-state index contributed by atoms with van der Waals surface area (Å²) >= 11 is 6.97. The van der Waals surface area contributed by atoms with E-state index in [0.717, 1.165) is 11.8 Å². The van der Waals surface area contributed by atoms with Crippen LogP contribution in [0.1, 0.15) is 5.56 Å². The summed E-state index contributed by atoms with van der Waals surface area (Å²) in [7, 11) is 0. The molecule has 0 aliphatic heterocycles. The summed E-state index contributed by atoms with van der Waals surface area (Å²) < 4.78 is 21.3. The Hall–Kier alpha value is -3.55. The van der Waals surface area contributed by atoms with Gasteiger partial charge in [0.05, 0.1) is 12.1 Å². The quantitative estimate of drug-likeness (QED) is 0.329. The van der Waals surface area contributed by atoms with Crippen molar-refractivity contribution in [2.45, 2.75) is 16.3 Å². The summed E-state index contributed by atoms with van der Waals surface area (Å²) in [6, 6.07) is 19.7. The number of hydrogen-bond acceptors (Lipinski definition) is 5. The minimum absolute atomic E-state index is 0.0154. The second kappa shape index (κ2) is 8.42. The van der Waals surface area contributed by atoms with Crippen LogP contribution in [0.25, 0.3) is 21.9 Å². The summed E-state index contributed by atoms with van der Waals surface area (Å²) in [6.45, 7) is -0.0582. The zero-order valence-corrected chi connectivity index (χ0v) is 18.5. The minimum Gasteiger partial charge on any atom is -0.505 e. The maximum absolute atomic E-state index is 14.4. The highest BCUT2D eigenvalue weighted by molar-refractivity contribution is 7.99. The summed E-state index contributed by atoms with van der Waals surface area (Å²) in [4.78, 5) is 26.8. The monoisotopic (exact) mass is 479 g/mol. The van der Waals surface area contributed by atoms with Gasteiger partial charge in [0.15, 0.2) is 11.3 Å². The van der Waals surface area contributed by atoms with Crippen molar-refractivity contribution < 1.29 is 13.9 Å². The van der Waals surface area contributed by atoms with Gasteiger partial charge in [-0.3, -0.25) is 4.79 Å². The van der Waals surface area contributed by atoms with E-state index in [-0.39, 0.29) is 22.4 Å². The highest BCUT2D eigenvalue weighted by atomic mass is 35.5. The van der Waals surface area contributed by atoms with Crippen LogP contribution in [0.2, 0.25) is 5.02 Å². The predicted octanol–water partition coefficient (Wildman–Crippen LogP) is 5.81. The fourth-order valence-electron chi connectivity index (χ4n) is 3.73. The first-order valence-electron chi connectivity index (χ1n) is 9.92. The van der Waals surface area contributed by atoms with E-state index < -0.39 is 22.8 Å². The molecule has 0 bridgehead atoms. The van der Waals surface area contributed by atoms with Crippen molar-refractivity contribution in [3.8, 4) is 5.75 Å². The van der Waals surface area contributed by atoms with Crippen LogP contribution in [-0.2, 0) is 6.54 Å². The van der Waals surface area contributed by atoms with Gasteiger partial charge in [0, 0.05) is 20.9 Å². The molecule has 0 saturated heterocycles. The number of pyridine rings is 1. The van der Waals surface area contributed by atoms with Gasteiger partial charge in [-0.15, -0.1) is 0 Å². The van der Waals surface area contributed by atoms with Gasteiger partial charge in [-0.1, -0.05) is 59.8 Å². The Morgan fingerprint density at radius 3 is 2.55 bits per heavy atom. The van der Waals surface area contributed by atoms with Gasteiger partial charge in [-0.2, -0.15) is 0 Å². The number of para-hydroxylation sites is 1. The zero-order valence-electron chi connectivity index (χ0n) is 16.9. The Morgan fingerprint density at radius 1 is 1.00 bits per heavy atom. The average molecular weight is 480 g/mol. The summed E-state index contributed by atoms with van der Waals surface area (Å²) in [5, 5.41) is 11.8. The van der Waals surface area contributed by atoms with E-state index in [1.54, 1.807) is 66.7 Å². The van der Waals surface area contributed by atoms with E-state index in [1.165, 1.54) is 10.6 Å². The standard InChI is InChI=1S/C25H15ClFNO4S/c26-15-7-5-8-16(12-15)33-23-21(29)20-22(32-25(23)31)17-9-2-4-11-19(17)28(24(20)30)13-14-6-1-3-10-18(14)27/h1-12,29H,13H2. The topological polar surface area (TPSA) is 72.4 Å². The molecule has 0 amide bonds. The highest BCUT2D eigenvalue weighted by Crippen LogP contribution is 2.37. The number of benzene rings is 3. The van der Waals surface area contributed by atoms with E-state index in [4.69, 9.17) is 16.0 Å². The molecule has 5 nitrogen and oxygen atoms in total. The zero-order chi connectivity index (χ0) is 23.1. The minimum atomic E-state index is -0.776. The largest absolute Gasteiger partial charge is 0.505 e. The van der Waals surface area contributed by atoms with Crippen LogP contribution in [0.4, 0.5) is 4.39 Å². The van der Waals surface area contributed by atoms with Crippen LogP contribution in [0.3, 0.4) is 0 Å². The molecule has 0 saturated carbocycles. The lowest BCUT2D eigenvalue weighted by Crippen LogP contribution is -2.23. The average Bonchev–Trinajstić information content (AvgIpc) is 2.80. The normalized spacial score (nSPS) is 11.3. The molecule has 8 heteroatoms. The number of fused-ring (bicyclic) bond motifs is 3. The van der Waals surface area contributed by atoms with Crippen LogP contribution >= 0.6 is 23.4 Å². The van der Waals surface area contributed by atoms with Gasteiger partial charge in [0.1, 0.15) is 16.1 Å². The maximum atomic E-state index is 14.4. The number of nitrogens with zero attached hydrogens (tertiary/aromatic N) is 1. The summed E-state index contributed by atoms with van der Waals surface area (Å²) in [6.07, 6.45) is 0. The molecule has 33 heavy (non-hydrogen) atoms.